The van der Waals surface area contributed by atoms with E-state index >= 15 is 0 Å². The summed E-state index contributed by atoms with van der Waals surface area (Å²) in [7, 11) is 1.93. The summed E-state index contributed by atoms with van der Waals surface area (Å²) < 4.78 is 19.8. The van der Waals surface area contributed by atoms with Gasteiger partial charge in [0.2, 0.25) is 0 Å². The van der Waals surface area contributed by atoms with E-state index in [1.807, 2.05) is 36.0 Å². The molecule has 0 spiro atoms. The molecular weight excluding hydrogens is 319 g/mol. The molecule has 1 aliphatic rings. The third kappa shape index (κ3) is 4.09. The first-order valence-electron chi connectivity index (χ1n) is 7.33. The molecule has 1 aromatic carbocycles. The van der Waals surface area contributed by atoms with Crippen LogP contribution >= 0.6 is 12.4 Å². The van der Waals surface area contributed by atoms with Gasteiger partial charge >= 0.3 is 0 Å². The maximum absolute atomic E-state index is 12.4. The number of rotatable bonds is 6. The van der Waals surface area contributed by atoms with Gasteiger partial charge in [0.1, 0.15) is 18.2 Å². The first kappa shape index (κ1) is 17.4. The molecule has 124 valence electrons. The molecule has 0 aliphatic heterocycles. The van der Waals surface area contributed by atoms with Crippen molar-refractivity contribution in [2.24, 2.45) is 12.8 Å². The average molecular weight is 339 g/mol. The van der Waals surface area contributed by atoms with E-state index in [1.54, 1.807) is 0 Å². The predicted molar refractivity (Wildman–Crippen MR) is 89.4 cm³/mol. The fraction of sp³-hybridized carbons (Fsp3) is 0.375. The van der Waals surface area contributed by atoms with Gasteiger partial charge in [-0.1, -0.05) is 0 Å². The lowest BCUT2D eigenvalue weighted by Crippen LogP contribution is -2.10. The van der Waals surface area contributed by atoms with E-state index in [9.17, 15) is 4.39 Å². The Kier molecular flexibility index (Phi) is 5.74. The highest BCUT2D eigenvalue weighted by Gasteiger charge is 2.29. The van der Waals surface area contributed by atoms with Crippen molar-refractivity contribution in [3.8, 4) is 17.1 Å². The van der Waals surface area contributed by atoms with Gasteiger partial charge in [0.15, 0.2) is 5.82 Å². The summed E-state index contributed by atoms with van der Waals surface area (Å²) in [5.41, 5.74) is 6.75. The maximum Gasteiger partial charge on any atom is 0.181 e. The molecule has 0 atom stereocenters. The summed E-state index contributed by atoms with van der Waals surface area (Å²) in [5.74, 6) is 3.00. The van der Waals surface area contributed by atoms with Crippen molar-refractivity contribution in [1.82, 2.24) is 14.8 Å². The highest BCUT2D eigenvalue weighted by Crippen LogP contribution is 2.39. The minimum Gasteiger partial charge on any atom is -0.489 e. The number of ether oxygens (including phenoxy) is 1. The second-order valence-electron chi connectivity index (χ2n) is 5.48. The fourth-order valence-corrected chi connectivity index (χ4v) is 2.23. The van der Waals surface area contributed by atoms with E-state index in [-0.39, 0.29) is 25.6 Å². The van der Waals surface area contributed by atoms with Crippen LogP contribution in [0.5, 0.6) is 5.75 Å². The van der Waals surface area contributed by atoms with Crippen LogP contribution in [0.1, 0.15) is 24.6 Å². The fourth-order valence-electron chi connectivity index (χ4n) is 2.23. The molecule has 0 saturated heterocycles. The normalized spacial score (nSPS) is 14.5. The Bertz CT molecular complexity index is 680. The molecule has 0 radical (unpaired) electrons. The molecule has 1 aromatic heterocycles. The highest BCUT2D eigenvalue weighted by atomic mass is 35.5. The number of aromatic nitrogens is 3. The summed E-state index contributed by atoms with van der Waals surface area (Å²) >= 11 is 0. The largest absolute Gasteiger partial charge is 0.489 e. The van der Waals surface area contributed by atoms with Crippen LogP contribution in [0.2, 0.25) is 0 Å². The molecule has 5 nitrogen and oxygen atoms in total. The van der Waals surface area contributed by atoms with Crippen LogP contribution < -0.4 is 10.5 Å². The Morgan fingerprint density at radius 1 is 1.39 bits per heavy atom. The molecule has 23 heavy (non-hydrogen) atoms. The van der Waals surface area contributed by atoms with Crippen molar-refractivity contribution in [2.75, 3.05) is 13.2 Å². The van der Waals surface area contributed by atoms with Crippen molar-refractivity contribution in [3.63, 3.8) is 0 Å². The van der Waals surface area contributed by atoms with Gasteiger partial charge in [0.25, 0.3) is 0 Å². The Balaban J connectivity index is 0.00000192. The van der Waals surface area contributed by atoms with E-state index in [2.05, 4.69) is 10.1 Å². The zero-order chi connectivity index (χ0) is 15.5. The van der Waals surface area contributed by atoms with Crippen LogP contribution in [0, 0.1) is 0 Å². The zero-order valence-corrected chi connectivity index (χ0v) is 13.7. The number of halogens is 2. The topological polar surface area (TPSA) is 66.0 Å². The van der Waals surface area contributed by atoms with Crippen LogP contribution in [0.15, 0.2) is 36.2 Å². The molecule has 3 rings (SSSR count). The standard InChI is InChI=1S/C16H19FN4O.ClH/c1-21-16(13-2-3-13)19-15(20-21)12-4-6-14(7-5-12)22-10-11(8-17)9-18;/h4-8,13H,2-3,9-10,18H2,1H3;1H/b11-8+;. The van der Waals surface area contributed by atoms with Gasteiger partial charge in [-0.15, -0.1) is 12.4 Å². The predicted octanol–water partition coefficient (Wildman–Crippen LogP) is 2.97. The van der Waals surface area contributed by atoms with E-state index in [4.69, 9.17) is 10.5 Å². The molecule has 1 aliphatic carbocycles. The number of nitrogens with two attached hydrogens (primary N) is 1. The Morgan fingerprint density at radius 3 is 2.65 bits per heavy atom. The smallest absolute Gasteiger partial charge is 0.181 e. The molecule has 1 saturated carbocycles. The first-order chi connectivity index (χ1) is 10.7. The van der Waals surface area contributed by atoms with Crippen molar-refractivity contribution in [1.29, 1.82) is 0 Å². The first-order valence-corrected chi connectivity index (χ1v) is 7.33. The van der Waals surface area contributed by atoms with Gasteiger partial charge < -0.3 is 10.5 Å². The Labute approximate surface area is 140 Å². The lowest BCUT2D eigenvalue weighted by Gasteiger charge is -2.07. The summed E-state index contributed by atoms with van der Waals surface area (Å²) in [6, 6.07) is 7.47. The van der Waals surface area contributed by atoms with Gasteiger partial charge in [-0.25, -0.2) is 9.37 Å². The van der Waals surface area contributed by atoms with Gasteiger partial charge in [-0.05, 0) is 37.1 Å². The molecule has 0 bridgehead atoms. The highest BCUT2D eigenvalue weighted by molar-refractivity contribution is 5.85. The van der Waals surface area contributed by atoms with Crippen LogP contribution in [0.3, 0.4) is 0 Å². The summed E-state index contributed by atoms with van der Waals surface area (Å²) in [6.07, 6.45) is 2.89. The average Bonchev–Trinajstić information content (AvgIpc) is 3.31. The van der Waals surface area contributed by atoms with Gasteiger partial charge in [-0.3, -0.25) is 4.68 Å². The van der Waals surface area contributed by atoms with Crippen LogP contribution in [-0.4, -0.2) is 27.9 Å². The van der Waals surface area contributed by atoms with E-state index < -0.39 is 0 Å². The minimum absolute atomic E-state index is 0. The second-order valence-corrected chi connectivity index (χ2v) is 5.48. The number of hydrogen-bond acceptors (Lipinski definition) is 4. The van der Waals surface area contributed by atoms with Gasteiger partial charge in [0.05, 0.1) is 6.33 Å². The van der Waals surface area contributed by atoms with Gasteiger partial charge in [-0.2, -0.15) is 5.10 Å². The van der Waals surface area contributed by atoms with Gasteiger partial charge in [0, 0.05) is 30.6 Å². The monoisotopic (exact) mass is 338 g/mol. The molecule has 0 amide bonds. The molecular formula is C16H20ClFN4O. The summed E-state index contributed by atoms with van der Waals surface area (Å²) in [4.78, 5) is 4.61. The quantitative estimate of drug-likeness (QED) is 0.879. The zero-order valence-electron chi connectivity index (χ0n) is 12.9. The third-order valence-electron chi connectivity index (χ3n) is 3.69. The summed E-state index contributed by atoms with van der Waals surface area (Å²) in [5, 5.41) is 4.46. The van der Waals surface area contributed by atoms with Crippen LogP contribution in [-0.2, 0) is 7.05 Å². The molecule has 2 aromatic rings. The lowest BCUT2D eigenvalue weighted by molar-refractivity contribution is 0.347. The van der Waals surface area contributed by atoms with E-state index in [1.165, 1.54) is 12.8 Å². The Hall–Kier alpha value is -1.92. The summed E-state index contributed by atoms with van der Waals surface area (Å²) in [6.45, 7) is 0.302. The maximum atomic E-state index is 12.4. The SMILES string of the molecule is Cl.Cn1nc(-c2ccc(OC/C(=C/F)CN)cc2)nc1C1CC1. The van der Waals surface area contributed by atoms with Crippen molar-refractivity contribution >= 4 is 12.4 Å². The Morgan fingerprint density at radius 2 is 2.09 bits per heavy atom. The van der Waals surface area contributed by atoms with Crippen molar-refractivity contribution in [3.05, 3.63) is 42.0 Å². The van der Waals surface area contributed by atoms with E-state index in [0.29, 0.717) is 23.6 Å². The van der Waals surface area contributed by atoms with Crippen LogP contribution in [0.25, 0.3) is 11.4 Å². The second kappa shape index (κ2) is 7.57. The molecule has 7 heteroatoms. The number of benzene rings is 1. The number of aryl methyl sites for hydroxylation is 1. The molecule has 1 fully saturated rings. The molecule has 0 unspecified atom stereocenters. The molecule has 2 N–H and O–H groups in total. The van der Waals surface area contributed by atoms with E-state index in [0.717, 1.165) is 17.2 Å². The van der Waals surface area contributed by atoms with Crippen molar-refractivity contribution in [2.45, 2.75) is 18.8 Å². The molecule has 1 heterocycles. The lowest BCUT2D eigenvalue weighted by atomic mass is 10.2. The number of nitrogens with zero attached hydrogens (tertiary/aromatic N) is 3. The number of hydrogen-bond donors (Lipinski definition) is 1. The minimum atomic E-state index is 0. The van der Waals surface area contributed by atoms with Crippen molar-refractivity contribution < 1.29 is 9.13 Å². The van der Waals surface area contributed by atoms with Crippen LogP contribution in [0.4, 0.5) is 4.39 Å². The third-order valence-corrected chi connectivity index (χ3v) is 3.69.